The van der Waals surface area contributed by atoms with Gasteiger partial charge in [-0.15, -0.1) is 0 Å². The fraction of sp³-hybridized carbons (Fsp3) is 0.409. The molecule has 3 heterocycles. The molecule has 0 bridgehead atoms. The van der Waals surface area contributed by atoms with E-state index in [4.69, 9.17) is 32.9 Å². The van der Waals surface area contributed by atoms with E-state index in [2.05, 4.69) is 15.2 Å². The fourth-order valence-electron chi connectivity index (χ4n) is 3.59. The Morgan fingerprint density at radius 3 is 2.88 bits per heavy atom. The number of anilines is 1. The molecule has 0 radical (unpaired) electrons. The third kappa shape index (κ3) is 5.24. The lowest BCUT2D eigenvalue weighted by molar-refractivity contribution is 0.0520. The van der Waals surface area contributed by atoms with Crippen LogP contribution in [0.1, 0.15) is 27.2 Å². The third-order valence-electron chi connectivity index (χ3n) is 5.01. The number of hydrogen-bond donors (Lipinski definition) is 1. The maximum absolute atomic E-state index is 11.9. The van der Waals surface area contributed by atoms with Crippen LogP contribution < -0.4 is 10.2 Å². The van der Waals surface area contributed by atoms with E-state index in [-0.39, 0.29) is 6.09 Å². The molecule has 10 heteroatoms. The van der Waals surface area contributed by atoms with Crippen LogP contribution >= 0.6 is 35.0 Å². The number of hydrogen-bond acceptors (Lipinski definition) is 6. The number of amides is 1. The summed E-state index contributed by atoms with van der Waals surface area (Å²) in [5.41, 5.74) is 0.309. The van der Waals surface area contributed by atoms with Crippen molar-refractivity contribution in [3.8, 4) is 0 Å². The van der Waals surface area contributed by atoms with Crippen LogP contribution in [0.2, 0.25) is 10.0 Å². The van der Waals surface area contributed by atoms with E-state index >= 15 is 0 Å². The largest absolute Gasteiger partial charge is 0.444 e. The maximum atomic E-state index is 11.9. The van der Waals surface area contributed by atoms with Gasteiger partial charge in [-0.25, -0.2) is 14.8 Å². The number of imidazole rings is 1. The first-order chi connectivity index (χ1) is 15.2. The van der Waals surface area contributed by atoms with Crippen molar-refractivity contribution in [2.75, 3.05) is 24.5 Å². The Morgan fingerprint density at radius 1 is 1.28 bits per heavy atom. The van der Waals surface area contributed by atoms with Crippen LogP contribution in [0.4, 0.5) is 10.7 Å². The molecule has 170 valence electrons. The van der Waals surface area contributed by atoms with Gasteiger partial charge in [0.1, 0.15) is 5.60 Å². The summed E-state index contributed by atoms with van der Waals surface area (Å²) < 4.78 is 7.32. The second-order valence-corrected chi connectivity index (χ2v) is 10.5. The molecule has 7 nitrogen and oxygen atoms in total. The number of rotatable bonds is 5. The number of halogens is 2. The molecule has 1 atom stereocenters. The van der Waals surface area contributed by atoms with Gasteiger partial charge in [0.25, 0.3) is 0 Å². The molecule has 1 N–H and O–H groups in total. The Balaban J connectivity index is 1.46. The first kappa shape index (κ1) is 23.0. The number of ether oxygens (including phenoxy) is 1. The lowest BCUT2D eigenvalue weighted by Crippen LogP contribution is -2.36. The summed E-state index contributed by atoms with van der Waals surface area (Å²) in [6.07, 6.45) is 6.08. The van der Waals surface area contributed by atoms with E-state index < -0.39 is 5.60 Å². The predicted octanol–water partition coefficient (Wildman–Crippen LogP) is 5.54. The van der Waals surface area contributed by atoms with E-state index in [9.17, 15) is 4.79 Å². The zero-order chi connectivity index (χ0) is 22.9. The number of nitrogens with one attached hydrogen (secondary N) is 1. The van der Waals surface area contributed by atoms with Crippen molar-refractivity contribution in [3.05, 3.63) is 46.8 Å². The minimum Gasteiger partial charge on any atom is -0.444 e. The van der Waals surface area contributed by atoms with E-state index in [0.717, 1.165) is 40.9 Å². The summed E-state index contributed by atoms with van der Waals surface area (Å²) in [4.78, 5) is 25.2. The molecule has 2 aromatic heterocycles. The molecule has 1 aromatic carbocycles. The summed E-state index contributed by atoms with van der Waals surface area (Å²) >= 11 is 14.0. The number of carbonyl (C=O) groups excluding carboxylic acids is 1. The molecular weight excluding hydrogens is 469 g/mol. The molecule has 32 heavy (non-hydrogen) atoms. The molecular formula is C22H25Cl2N5O2S. The molecule has 1 unspecified atom stereocenters. The van der Waals surface area contributed by atoms with Gasteiger partial charge in [-0.05, 0) is 45.2 Å². The normalized spacial score (nSPS) is 16.5. The molecule has 1 aliphatic heterocycles. The summed E-state index contributed by atoms with van der Waals surface area (Å²) in [6, 6.07) is 5.56. The van der Waals surface area contributed by atoms with Gasteiger partial charge < -0.3 is 15.0 Å². The van der Waals surface area contributed by atoms with Gasteiger partial charge in [0, 0.05) is 43.1 Å². The topological polar surface area (TPSA) is 71.8 Å². The molecule has 3 aromatic rings. The van der Waals surface area contributed by atoms with Crippen molar-refractivity contribution in [1.29, 1.82) is 0 Å². The molecule has 1 fully saturated rings. The lowest BCUT2D eigenvalue weighted by Gasteiger charge is -2.21. The third-order valence-corrected chi connectivity index (χ3v) is 7.01. The summed E-state index contributed by atoms with van der Waals surface area (Å²) in [5, 5.41) is 3.92. The van der Waals surface area contributed by atoms with E-state index in [1.807, 2.05) is 49.7 Å². The second kappa shape index (κ2) is 9.37. The summed E-state index contributed by atoms with van der Waals surface area (Å²) in [6.45, 7) is 7.78. The van der Waals surface area contributed by atoms with Crippen LogP contribution in [0.15, 0.2) is 46.6 Å². The van der Waals surface area contributed by atoms with Crippen LogP contribution in [0.25, 0.3) is 5.65 Å². The van der Waals surface area contributed by atoms with Crippen LogP contribution in [0.5, 0.6) is 0 Å². The van der Waals surface area contributed by atoms with Gasteiger partial charge in [-0.1, -0.05) is 41.0 Å². The summed E-state index contributed by atoms with van der Waals surface area (Å²) in [5.74, 6) is 1.15. The van der Waals surface area contributed by atoms with Crippen molar-refractivity contribution in [3.63, 3.8) is 0 Å². The van der Waals surface area contributed by atoms with Crippen molar-refractivity contribution in [2.45, 2.75) is 42.6 Å². The van der Waals surface area contributed by atoms with Crippen LogP contribution in [-0.2, 0) is 4.74 Å². The Morgan fingerprint density at radius 2 is 2.09 bits per heavy atom. The monoisotopic (exact) mass is 493 g/mol. The van der Waals surface area contributed by atoms with E-state index in [1.165, 1.54) is 11.8 Å². The highest BCUT2D eigenvalue weighted by molar-refractivity contribution is 7.99. The number of alkyl carbamates (subject to hydrolysis) is 1. The molecule has 4 rings (SSSR count). The molecule has 0 aliphatic carbocycles. The first-order valence-corrected chi connectivity index (χ1v) is 11.9. The highest BCUT2D eigenvalue weighted by atomic mass is 35.5. The lowest BCUT2D eigenvalue weighted by atomic mass is 10.1. The Kier molecular flexibility index (Phi) is 6.74. The minimum absolute atomic E-state index is 0.321. The zero-order valence-electron chi connectivity index (χ0n) is 18.1. The molecule has 0 saturated carbocycles. The highest BCUT2D eigenvalue weighted by Crippen LogP contribution is 2.38. The zero-order valence-corrected chi connectivity index (χ0v) is 20.5. The smallest absolute Gasteiger partial charge is 0.407 e. The van der Waals surface area contributed by atoms with Gasteiger partial charge >= 0.3 is 6.09 Å². The van der Waals surface area contributed by atoms with Crippen molar-refractivity contribution in [2.24, 2.45) is 5.92 Å². The number of nitrogens with zero attached hydrogens (tertiary/aromatic N) is 4. The highest BCUT2D eigenvalue weighted by Gasteiger charge is 2.27. The number of fused-ring (bicyclic) bond motifs is 1. The SMILES string of the molecule is CC(C)(C)OC(=O)NCC1CCN(c2ncc(Sc3cccc(Cl)c3Cl)c3nccn23)C1. The first-order valence-electron chi connectivity index (χ1n) is 10.4. The van der Waals surface area contributed by atoms with Crippen LogP contribution in [0, 0.1) is 5.92 Å². The summed E-state index contributed by atoms with van der Waals surface area (Å²) in [7, 11) is 0. The Hall–Kier alpha value is -2.16. The maximum Gasteiger partial charge on any atom is 0.407 e. The van der Waals surface area contributed by atoms with E-state index in [0.29, 0.717) is 22.5 Å². The number of carbonyl (C=O) groups is 1. The van der Waals surface area contributed by atoms with Crippen molar-refractivity contribution >= 4 is 52.7 Å². The van der Waals surface area contributed by atoms with Crippen molar-refractivity contribution in [1.82, 2.24) is 19.7 Å². The Labute approximate surface area is 201 Å². The van der Waals surface area contributed by atoms with Crippen molar-refractivity contribution < 1.29 is 9.53 Å². The average Bonchev–Trinajstić information content (AvgIpc) is 3.39. The van der Waals surface area contributed by atoms with Gasteiger partial charge in [0.05, 0.1) is 14.9 Å². The molecule has 1 aliphatic rings. The number of aromatic nitrogens is 3. The standard InChI is InChI=1S/C22H25Cl2N5O2S/c1-22(2,3)31-21(30)27-11-14-7-9-28(13-14)20-26-12-17(19-25-8-10-29(19)20)32-16-6-4-5-15(23)18(16)24/h4-6,8,10,12,14H,7,9,11,13H2,1-3H3,(H,27,30). The van der Waals surface area contributed by atoms with Gasteiger partial charge in [-0.2, -0.15) is 0 Å². The second-order valence-electron chi connectivity index (χ2n) is 8.68. The molecule has 1 amide bonds. The minimum atomic E-state index is -0.502. The average molecular weight is 494 g/mol. The van der Waals surface area contributed by atoms with Crippen LogP contribution in [0.3, 0.4) is 0 Å². The van der Waals surface area contributed by atoms with Gasteiger partial charge in [-0.3, -0.25) is 4.40 Å². The number of benzene rings is 1. The van der Waals surface area contributed by atoms with Gasteiger partial charge in [0.15, 0.2) is 5.65 Å². The Bertz CT molecular complexity index is 1130. The quantitative estimate of drug-likeness (QED) is 0.502. The fourth-order valence-corrected chi connectivity index (χ4v) is 5.00. The predicted molar refractivity (Wildman–Crippen MR) is 128 cm³/mol. The van der Waals surface area contributed by atoms with E-state index in [1.54, 1.807) is 12.3 Å². The van der Waals surface area contributed by atoms with Crippen LogP contribution in [-0.4, -0.2) is 45.7 Å². The van der Waals surface area contributed by atoms with Gasteiger partial charge in [0.2, 0.25) is 5.95 Å². The molecule has 0 spiro atoms. The molecule has 1 saturated heterocycles.